The van der Waals surface area contributed by atoms with E-state index in [1.165, 1.54) is 12.4 Å². The molecule has 0 aliphatic heterocycles. The van der Waals surface area contributed by atoms with Gasteiger partial charge in [-0.3, -0.25) is 19.8 Å². The molecule has 0 radical (unpaired) electrons. The van der Waals surface area contributed by atoms with Crippen LogP contribution in [0.3, 0.4) is 0 Å². The zero-order valence-corrected chi connectivity index (χ0v) is 19.9. The predicted molar refractivity (Wildman–Crippen MR) is 134 cm³/mol. The predicted octanol–water partition coefficient (Wildman–Crippen LogP) is 4.25. The van der Waals surface area contributed by atoms with Gasteiger partial charge < -0.3 is 4.74 Å². The lowest BCUT2D eigenvalue weighted by molar-refractivity contribution is 0.0635. The molecule has 0 aliphatic rings. The van der Waals surface area contributed by atoms with E-state index in [0.717, 1.165) is 0 Å². The maximum absolute atomic E-state index is 12.8. The molecule has 1 unspecified atom stereocenters. The SMILES string of the molecule is C=S(=O)(NC(=O)c1cncc(C#Cc2ccc(NC(=O)OC(C)(C)C)cc2)c1)c1ccccc1. The summed E-state index contributed by atoms with van der Waals surface area (Å²) in [5.41, 5.74) is 1.43. The summed E-state index contributed by atoms with van der Waals surface area (Å²) in [6, 6.07) is 17.0. The molecule has 0 spiro atoms. The van der Waals surface area contributed by atoms with Gasteiger partial charge in [-0.1, -0.05) is 30.0 Å². The van der Waals surface area contributed by atoms with Gasteiger partial charge in [0.1, 0.15) is 5.60 Å². The van der Waals surface area contributed by atoms with Crippen molar-refractivity contribution in [3.8, 4) is 11.8 Å². The second-order valence-electron chi connectivity index (χ2n) is 8.34. The first-order chi connectivity index (χ1) is 16.0. The number of hydrogen-bond donors (Lipinski definition) is 2. The van der Waals surface area contributed by atoms with Crippen molar-refractivity contribution in [2.24, 2.45) is 0 Å². The Hall–Kier alpha value is -4.09. The van der Waals surface area contributed by atoms with Crippen LogP contribution in [-0.4, -0.2) is 32.7 Å². The molecule has 0 aliphatic carbocycles. The highest BCUT2D eigenvalue weighted by atomic mass is 32.2. The Morgan fingerprint density at radius 2 is 1.62 bits per heavy atom. The summed E-state index contributed by atoms with van der Waals surface area (Å²) in [7, 11) is -3.00. The Morgan fingerprint density at radius 1 is 0.971 bits per heavy atom. The summed E-state index contributed by atoms with van der Waals surface area (Å²) in [6.07, 6.45) is 2.37. The zero-order chi connectivity index (χ0) is 24.8. The molecule has 0 saturated carbocycles. The number of nitrogens with one attached hydrogen (secondary N) is 2. The highest BCUT2D eigenvalue weighted by Crippen LogP contribution is 2.13. The lowest BCUT2D eigenvalue weighted by atomic mass is 10.1. The van der Waals surface area contributed by atoms with Crippen LogP contribution in [0.1, 0.15) is 42.3 Å². The molecule has 1 aromatic heterocycles. The highest BCUT2D eigenvalue weighted by molar-refractivity contribution is 7.99. The van der Waals surface area contributed by atoms with Gasteiger partial charge in [-0.15, -0.1) is 0 Å². The number of aromatic nitrogens is 1. The lowest BCUT2D eigenvalue weighted by Crippen LogP contribution is -2.30. The number of rotatable bonds is 4. The minimum absolute atomic E-state index is 0.219. The molecule has 3 aromatic rings. The van der Waals surface area contributed by atoms with Gasteiger partial charge in [0.05, 0.1) is 15.3 Å². The van der Waals surface area contributed by atoms with Crippen LogP contribution >= 0.6 is 0 Å². The average molecular weight is 476 g/mol. The van der Waals surface area contributed by atoms with Crippen LogP contribution < -0.4 is 10.0 Å². The second kappa shape index (κ2) is 10.2. The normalized spacial score (nSPS) is 12.4. The van der Waals surface area contributed by atoms with Gasteiger partial charge in [-0.25, -0.2) is 9.00 Å². The van der Waals surface area contributed by atoms with E-state index < -0.39 is 27.3 Å². The van der Waals surface area contributed by atoms with Crippen LogP contribution in [0.2, 0.25) is 0 Å². The summed E-state index contributed by atoms with van der Waals surface area (Å²) < 4.78 is 20.5. The Morgan fingerprint density at radius 3 is 2.26 bits per heavy atom. The van der Waals surface area contributed by atoms with Crippen LogP contribution in [-0.2, 0) is 14.4 Å². The molecule has 0 bridgehead atoms. The molecule has 3 rings (SSSR count). The number of ether oxygens (including phenoxy) is 1. The Labute approximate surface area is 199 Å². The minimum Gasteiger partial charge on any atom is -0.444 e. The van der Waals surface area contributed by atoms with Crippen molar-refractivity contribution in [1.82, 2.24) is 9.71 Å². The van der Waals surface area contributed by atoms with E-state index in [4.69, 9.17) is 4.74 Å². The molecule has 2 N–H and O–H groups in total. The molecule has 174 valence electrons. The first-order valence-electron chi connectivity index (χ1n) is 10.3. The van der Waals surface area contributed by atoms with E-state index in [0.29, 0.717) is 21.7 Å². The van der Waals surface area contributed by atoms with E-state index in [2.05, 4.69) is 32.7 Å². The van der Waals surface area contributed by atoms with Crippen molar-refractivity contribution in [3.63, 3.8) is 0 Å². The maximum Gasteiger partial charge on any atom is 0.412 e. The minimum atomic E-state index is -3.00. The second-order valence-corrected chi connectivity index (χ2v) is 10.4. The molecule has 34 heavy (non-hydrogen) atoms. The Kier molecular flexibility index (Phi) is 7.39. The van der Waals surface area contributed by atoms with Crippen molar-refractivity contribution >= 4 is 33.3 Å². The third-order valence-corrected chi connectivity index (χ3v) is 5.81. The zero-order valence-electron chi connectivity index (χ0n) is 19.1. The van der Waals surface area contributed by atoms with E-state index in [1.54, 1.807) is 81.4 Å². The summed E-state index contributed by atoms with van der Waals surface area (Å²) >= 11 is 0. The maximum atomic E-state index is 12.8. The van der Waals surface area contributed by atoms with Crippen LogP contribution in [0.15, 0.2) is 78.0 Å². The van der Waals surface area contributed by atoms with E-state index in [-0.39, 0.29) is 5.56 Å². The molecule has 7 nitrogen and oxygen atoms in total. The van der Waals surface area contributed by atoms with Crippen molar-refractivity contribution in [2.45, 2.75) is 31.3 Å². The van der Waals surface area contributed by atoms with E-state index >= 15 is 0 Å². The van der Waals surface area contributed by atoms with Crippen LogP contribution in [0.25, 0.3) is 0 Å². The van der Waals surface area contributed by atoms with E-state index in [9.17, 15) is 13.8 Å². The standard InChI is InChI=1S/C26H25N3O4S/c1-26(2,3)33-25(31)28-22-14-12-19(13-15-22)10-11-20-16-21(18-27-17-20)24(30)29-34(4,32)23-8-6-5-7-9-23/h5-9,12-18H,4H2,1-3H3,(H,28,31)(H,29,30,32). The van der Waals surface area contributed by atoms with Crippen molar-refractivity contribution in [1.29, 1.82) is 0 Å². The van der Waals surface area contributed by atoms with Gasteiger partial charge in [-0.05, 0) is 69.1 Å². The number of pyridine rings is 1. The average Bonchev–Trinajstić information content (AvgIpc) is 2.78. The first kappa shape index (κ1) is 24.6. The molecule has 1 atom stereocenters. The van der Waals surface area contributed by atoms with Crippen LogP contribution in [0, 0.1) is 11.8 Å². The van der Waals surface area contributed by atoms with Crippen LogP contribution in [0.4, 0.5) is 10.5 Å². The smallest absolute Gasteiger partial charge is 0.412 e. The molecular formula is C26H25N3O4S. The largest absolute Gasteiger partial charge is 0.444 e. The molecule has 2 amide bonds. The molecule has 0 fully saturated rings. The quantitative estimate of drug-likeness (QED) is 0.434. The number of carbonyl (C=O) groups excluding carboxylic acids is 2. The van der Waals surface area contributed by atoms with Gasteiger partial charge in [-0.2, -0.15) is 0 Å². The fourth-order valence-corrected chi connectivity index (χ4v) is 3.88. The van der Waals surface area contributed by atoms with Crippen molar-refractivity contribution < 1.29 is 18.5 Å². The number of benzene rings is 2. The van der Waals surface area contributed by atoms with Crippen LogP contribution in [0.5, 0.6) is 0 Å². The molecular weight excluding hydrogens is 450 g/mol. The summed E-state index contributed by atoms with van der Waals surface area (Å²) in [6.45, 7) is 5.37. The van der Waals surface area contributed by atoms with Gasteiger partial charge in [0.2, 0.25) is 0 Å². The third kappa shape index (κ3) is 7.22. The topological polar surface area (TPSA) is 97.4 Å². The summed E-state index contributed by atoms with van der Waals surface area (Å²) in [4.78, 5) is 29.0. The Bertz CT molecular complexity index is 1350. The van der Waals surface area contributed by atoms with E-state index in [1.807, 2.05) is 0 Å². The third-order valence-electron chi connectivity index (χ3n) is 4.26. The molecule has 1 heterocycles. The fourth-order valence-electron chi connectivity index (χ4n) is 2.74. The van der Waals surface area contributed by atoms with Gasteiger partial charge in [0.15, 0.2) is 0 Å². The highest BCUT2D eigenvalue weighted by Gasteiger charge is 2.16. The van der Waals surface area contributed by atoms with Gasteiger partial charge in [0.25, 0.3) is 5.91 Å². The number of hydrogen-bond acceptors (Lipinski definition) is 5. The molecule has 8 heteroatoms. The monoisotopic (exact) mass is 475 g/mol. The van der Waals surface area contributed by atoms with Crippen molar-refractivity contribution in [3.05, 3.63) is 89.7 Å². The first-order valence-corrected chi connectivity index (χ1v) is 12.1. The summed E-state index contributed by atoms with van der Waals surface area (Å²) in [5, 5.41) is 2.66. The lowest BCUT2D eigenvalue weighted by Gasteiger charge is -2.19. The number of amides is 2. The van der Waals surface area contributed by atoms with Gasteiger partial charge in [0, 0.05) is 34.1 Å². The number of nitrogens with zero attached hydrogens (tertiary/aromatic N) is 1. The van der Waals surface area contributed by atoms with Crippen molar-refractivity contribution in [2.75, 3.05) is 5.32 Å². The Balaban J connectivity index is 1.68. The summed E-state index contributed by atoms with van der Waals surface area (Å²) in [5.74, 6) is 9.04. The molecule has 2 aromatic carbocycles. The molecule has 0 saturated heterocycles. The number of anilines is 1. The fraction of sp³-hybridized carbons (Fsp3) is 0.154. The number of carbonyl (C=O) groups is 2. The van der Waals surface area contributed by atoms with Gasteiger partial charge >= 0.3 is 6.09 Å².